The summed E-state index contributed by atoms with van der Waals surface area (Å²) in [6, 6.07) is 0. The molecule has 0 N–H and O–H groups in total. The molecule has 4 aromatic rings. The molecule has 0 fully saturated rings. The Hall–Kier alpha value is -3.46. The highest BCUT2D eigenvalue weighted by atomic mass is 32.2. The Bertz CT molecular complexity index is 1070. The molecule has 0 spiro atoms. The summed E-state index contributed by atoms with van der Waals surface area (Å²) in [5, 5.41) is 0. The van der Waals surface area contributed by atoms with Crippen molar-refractivity contribution in [2.75, 3.05) is 6.26 Å². The second kappa shape index (κ2) is 23.4. The molecule has 0 aliphatic carbocycles. The van der Waals surface area contributed by atoms with E-state index in [0.29, 0.717) is 6.26 Å². The molecule has 0 amide bonds. The molecule has 0 unspecified atom stereocenters. The Balaban J connectivity index is -0.000000201. The van der Waals surface area contributed by atoms with Crippen molar-refractivity contribution < 1.29 is 45.4 Å². The van der Waals surface area contributed by atoms with Crippen molar-refractivity contribution in [1.82, 2.24) is 18.3 Å². The maximum absolute atomic E-state index is 9.08. The van der Waals surface area contributed by atoms with Crippen LogP contribution >= 0.6 is 0 Å². The lowest BCUT2D eigenvalue weighted by molar-refractivity contribution is -0.671. The quantitative estimate of drug-likeness (QED) is 0.173. The predicted molar refractivity (Wildman–Crippen MR) is 141 cm³/mol. The van der Waals surface area contributed by atoms with Crippen molar-refractivity contribution in [2.24, 2.45) is 28.2 Å². The fourth-order valence-electron chi connectivity index (χ4n) is 2.76. The van der Waals surface area contributed by atoms with Gasteiger partial charge in [0.2, 0.25) is 25.3 Å². The zero-order valence-electron chi connectivity index (χ0n) is 25.1. The average Bonchev–Trinajstić information content (AvgIpc) is 3.63. The van der Waals surface area contributed by atoms with Gasteiger partial charge in [-0.3, -0.25) is 0 Å². The van der Waals surface area contributed by atoms with E-state index >= 15 is 0 Å². The first kappa shape index (κ1) is 43.6. The lowest BCUT2D eigenvalue weighted by Crippen LogP contribution is -3.00. The Morgan fingerprint density at radius 3 is 0.725 bits per heavy atom. The predicted octanol–water partition coefficient (Wildman–Crippen LogP) is -8.50. The summed E-state index contributed by atoms with van der Waals surface area (Å²) >= 11 is 0. The van der Waals surface area contributed by atoms with E-state index in [2.05, 4.69) is 96.1 Å². The average molecular weight is 597 g/mol. The minimum absolute atomic E-state index is 0. The highest BCUT2D eigenvalue weighted by Gasteiger charge is 1.94. The van der Waals surface area contributed by atoms with Crippen molar-refractivity contribution in [3.05, 3.63) is 74.9 Å². The molecular formula is C25H47F3N8O3S. The molecule has 0 saturated carbocycles. The Morgan fingerprint density at radius 1 is 0.525 bits per heavy atom. The van der Waals surface area contributed by atoms with E-state index in [9.17, 15) is 0 Å². The van der Waals surface area contributed by atoms with Crippen LogP contribution in [0.2, 0.25) is 0 Å². The maximum Gasteiger partial charge on any atom is 0.243 e. The third-order valence-corrected chi connectivity index (χ3v) is 4.76. The smallest absolute Gasteiger partial charge is 0.243 e. The zero-order valence-corrected chi connectivity index (χ0v) is 25.9. The molecule has 0 bridgehead atoms. The van der Waals surface area contributed by atoms with Gasteiger partial charge in [0.15, 0.2) is 0 Å². The van der Waals surface area contributed by atoms with Crippen LogP contribution in [0.1, 0.15) is 27.7 Å². The van der Waals surface area contributed by atoms with Gasteiger partial charge in [0.1, 0.15) is 49.6 Å². The first-order valence-corrected chi connectivity index (χ1v) is 14.1. The van der Waals surface area contributed by atoms with E-state index in [1.54, 1.807) is 0 Å². The first-order valence-electron chi connectivity index (χ1n) is 12.3. The summed E-state index contributed by atoms with van der Waals surface area (Å²) in [5.74, 6) is 0. The zero-order chi connectivity index (χ0) is 28.4. The van der Waals surface area contributed by atoms with Gasteiger partial charge in [-0.15, -0.1) is 0 Å². The minimum Gasteiger partial charge on any atom is -1.00 e. The van der Waals surface area contributed by atoms with E-state index in [1.807, 2.05) is 71.2 Å². The number of imidazole rings is 4. The second-order valence-corrected chi connectivity index (χ2v) is 9.75. The number of hydrogen-bond donors (Lipinski definition) is 0. The Kier molecular flexibility index (Phi) is 25.5. The fourth-order valence-corrected chi connectivity index (χ4v) is 2.76. The summed E-state index contributed by atoms with van der Waals surface area (Å²) in [5.41, 5.74) is 0. The van der Waals surface area contributed by atoms with E-state index in [1.165, 1.54) is 0 Å². The van der Waals surface area contributed by atoms with Crippen LogP contribution in [0.25, 0.3) is 0 Å². The summed E-state index contributed by atoms with van der Waals surface area (Å²) < 4.78 is 43.9. The molecule has 0 aromatic carbocycles. The summed E-state index contributed by atoms with van der Waals surface area (Å²) in [6.07, 6.45) is 25.2. The van der Waals surface area contributed by atoms with Crippen LogP contribution in [0, 0.1) is 0 Å². The van der Waals surface area contributed by atoms with E-state index < -0.39 is 10.1 Å². The monoisotopic (exact) mass is 596 g/mol. The van der Waals surface area contributed by atoms with Crippen LogP contribution in [0.15, 0.2) is 74.9 Å². The van der Waals surface area contributed by atoms with Crippen molar-refractivity contribution in [3.8, 4) is 0 Å². The molecule has 11 nitrogen and oxygen atoms in total. The van der Waals surface area contributed by atoms with E-state index in [-0.39, 0.29) is 14.1 Å². The van der Waals surface area contributed by atoms with Gasteiger partial charge in [-0.05, 0) is 27.7 Å². The van der Waals surface area contributed by atoms with Gasteiger partial charge in [0.05, 0.1) is 64.5 Å². The lowest BCUT2D eigenvalue weighted by Gasteiger charge is -1.90. The normalized spacial score (nSPS) is 9.25. The van der Waals surface area contributed by atoms with Crippen molar-refractivity contribution in [1.29, 1.82) is 0 Å². The largest absolute Gasteiger partial charge is 1.00 e. The molecule has 4 aromatic heterocycles. The third kappa shape index (κ3) is 23.6. The van der Waals surface area contributed by atoms with E-state index in [0.717, 1.165) is 26.2 Å². The van der Waals surface area contributed by atoms with Gasteiger partial charge < -0.3 is 18.7 Å². The van der Waals surface area contributed by atoms with Crippen LogP contribution in [0.4, 0.5) is 0 Å². The SMILES string of the molecule is CCn1cc[n+](C)c1.CCn1cc[n+](C)c1.CCn1cc[n+](C)c1.CCn1cc[n+](C)c1.CS(=O)(=O)[O-].[F-].[F-].[F-]. The lowest BCUT2D eigenvalue weighted by atomic mass is 10.7. The molecule has 4 rings (SSSR count). The Labute approximate surface area is 237 Å². The molecule has 0 radical (unpaired) electrons. The molecule has 0 atom stereocenters. The van der Waals surface area contributed by atoms with Gasteiger partial charge in [-0.25, -0.2) is 45.0 Å². The van der Waals surface area contributed by atoms with Gasteiger partial charge >= 0.3 is 0 Å². The second-order valence-electron chi connectivity index (χ2n) is 8.34. The van der Waals surface area contributed by atoms with Crippen LogP contribution in [0.3, 0.4) is 0 Å². The number of halogens is 3. The summed E-state index contributed by atoms with van der Waals surface area (Å²) in [4.78, 5) is 0. The molecule has 4 heterocycles. The molecular weight excluding hydrogens is 549 g/mol. The van der Waals surface area contributed by atoms with Crippen molar-refractivity contribution >= 4 is 10.1 Å². The van der Waals surface area contributed by atoms with Crippen LogP contribution in [0.5, 0.6) is 0 Å². The maximum atomic E-state index is 9.08. The number of aryl methyl sites for hydroxylation is 8. The number of nitrogens with zero attached hydrogens (tertiary/aromatic N) is 8. The van der Waals surface area contributed by atoms with E-state index in [4.69, 9.17) is 13.0 Å². The van der Waals surface area contributed by atoms with Gasteiger partial charge in [0, 0.05) is 6.26 Å². The Morgan fingerprint density at radius 2 is 0.675 bits per heavy atom. The van der Waals surface area contributed by atoms with Gasteiger partial charge in [-0.1, -0.05) is 0 Å². The number of aromatic nitrogens is 8. The van der Waals surface area contributed by atoms with Crippen LogP contribution in [-0.2, 0) is 64.5 Å². The summed E-state index contributed by atoms with van der Waals surface area (Å²) in [6.45, 7) is 12.7. The molecule has 0 saturated heterocycles. The van der Waals surface area contributed by atoms with Crippen LogP contribution in [-0.4, -0.2) is 37.5 Å². The van der Waals surface area contributed by atoms with Crippen molar-refractivity contribution in [3.63, 3.8) is 0 Å². The number of hydrogen-bond acceptors (Lipinski definition) is 3. The molecule has 15 heteroatoms. The highest BCUT2D eigenvalue weighted by Crippen LogP contribution is 1.81. The third-order valence-electron chi connectivity index (χ3n) is 4.76. The first-order chi connectivity index (χ1) is 17.3. The van der Waals surface area contributed by atoms with Crippen LogP contribution < -0.4 is 32.4 Å². The topological polar surface area (TPSA) is 92.4 Å². The van der Waals surface area contributed by atoms with Crippen molar-refractivity contribution in [2.45, 2.75) is 53.9 Å². The standard InChI is InChI=1S/4C6H11N2.CH4O3S.3FH/c4*1-3-8-5-4-7(2)6-8;1-5(2,3)4;;;/h4*4-6H,3H2,1-2H3;1H3,(H,2,3,4);3*1H/q4*+1;;;;/p-4. The van der Waals surface area contributed by atoms with Gasteiger partial charge in [-0.2, -0.15) is 0 Å². The minimum atomic E-state index is -3.92. The molecule has 232 valence electrons. The fraction of sp³-hybridized carbons (Fsp3) is 0.520. The molecule has 40 heavy (non-hydrogen) atoms. The molecule has 0 aliphatic heterocycles. The number of rotatable bonds is 4. The van der Waals surface area contributed by atoms with Gasteiger partial charge in [0.25, 0.3) is 0 Å². The highest BCUT2D eigenvalue weighted by molar-refractivity contribution is 7.84. The molecule has 0 aliphatic rings. The summed E-state index contributed by atoms with van der Waals surface area (Å²) in [7, 11) is 4.16.